The number of hydrogen-bond acceptors (Lipinski definition) is 0. The molecule has 0 atom stereocenters. The molecular weight excluding hydrogens is 504 g/mol. The molecule has 6 aromatic carbocycles. The topological polar surface area (TPSA) is 0 Å². The van der Waals surface area contributed by atoms with Gasteiger partial charge in [0.1, 0.15) is 0 Å². The van der Waals surface area contributed by atoms with Crippen molar-refractivity contribution in [2.45, 2.75) is 41.5 Å². The molecule has 0 fully saturated rings. The SMILES string of the molecule is Cc1cc2c(C)cc1-c1ccc(cc1)-c1ccc(cc1)-c1c(C)c(C)c(c(C)c1C)-c1ccc(cc1)-c1ccc-2cc1. The van der Waals surface area contributed by atoms with Crippen molar-refractivity contribution < 1.29 is 0 Å². The molecule has 16 aliphatic carbocycles. The molecule has 0 aromatic heterocycles. The zero-order chi connectivity index (χ0) is 29.1. The van der Waals surface area contributed by atoms with Crippen molar-refractivity contribution in [1.82, 2.24) is 0 Å². The first-order valence-corrected chi connectivity index (χ1v) is 14.9. The Labute approximate surface area is 250 Å². The van der Waals surface area contributed by atoms with Crippen molar-refractivity contribution >= 4 is 0 Å². The Balaban J connectivity index is 1.45. The Kier molecular flexibility index (Phi) is 6.24. The van der Waals surface area contributed by atoms with Gasteiger partial charge in [0.2, 0.25) is 0 Å². The van der Waals surface area contributed by atoms with Gasteiger partial charge in [-0.25, -0.2) is 0 Å². The molecule has 0 nitrogen and oxygen atoms in total. The zero-order valence-electron chi connectivity index (χ0n) is 25.4. The molecule has 0 saturated heterocycles. The van der Waals surface area contributed by atoms with E-state index in [1.807, 2.05) is 0 Å². The summed E-state index contributed by atoms with van der Waals surface area (Å²) in [6, 6.07) is 41.1. The van der Waals surface area contributed by atoms with Crippen LogP contribution in [0.2, 0.25) is 0 Å². The van der Waals surface area contributed by atoms with Crippen LogP contribution in [0, 0.1) is 41.5 Å². The van der Waals surface area contributed by atoms with Gasteiger partial charge < -0.3 is 0 Å². The van der Waals surface area contributed by atoms with Gasteiger partial charge >= 0.3 is 0 Å². The van der Waals surface area contributed by atoms with Gasteiger partial charge in [-0.2, -0.15) is 0 Å². The fraction of sp³-hybridized carbons (Fsp3) is 0.143. The predicted molar refractivity (Wildman–Crippen MR) is 181 cm³/mol. The molecule has 0 heteroatoms. The van der Waals surface area contributed by atoms with Crippen molar-refractivity contribution in [2.75, 3.05) is 0 Å². The summed E-state index contributed by atoms with van der Waals surface area (Å²) < 4.78 is 0. The third-order valence-corrected chi connectivity index (χ3v) is 9.60. The van der Waals surface area contributed by atoms with Crippen molar-refractivity contribution in [3.8, 4) is 66.8 Å². The quantitative estimate of drug-likeness (QED) is 0.179. The molecule has 22 rings (SSSR count). The van der Waals surface area contributed by atoms with Gasteiger partial charge in [-0.05, 0) is 142 Å². The Hall–Kier alpha value is -4.68. The fourth-order valence-corrected chi connectivity index (χ4v) is 6.96. The summed E-state index contributed by atoms with van der Waals surface area (Å²) in [7, 11) is 0. The molecule has 42 heavy (non-hydrogen) atoms. The van der Waals surface area contributed by atoms with Crippen molar-refractivity contribution in [3.63, 3.8) is 0 Å². The predicted octanol–water partition coefficient (Wildman–Crippen LogP) is 11.9. The summed E-state index contributed by atoms with van der Waals surface area (Å²) in [4.78, 5) is 0. The largest absolute Gasteiger partial charge is 0.0538 e. The van der Waals surface area contributed by atoms with Gasteiger partial charge in [0.25, 0.3) is 0 Å². The lowest BCUT2D eigenvalue weighted by atomic mass is 9.83. The van der Waals surface area contributed by atoms with Gasteiger partial charge in [-0.15, -0.1) is 0 Å². The van der Waals surface area contributed by atoms with E-state index >= 15 is 0 Å². The highest BCUT2D eigenvalue weighted by molar-refractivity contribution is 5.85. The third kappa shape index (κ3) is 4.22. The van der Waals surface area contributed by atoms with Crippen LogP contribution >= 0.6 is 0 Å². The molecule has 0 radical (unpaired) electrons. The van der Waals surface area contributed by atoms with E-state index in [0.29, 0.717) is 0 Å². The van der Waals surface area contributed by atoms with Gasteiger partial charge in [0, 0.05) is 0 Å². The molecule has 204 valence electrons. The zero-order valence-corrected chi connectivity index (χ0v) is 25.4. The highest BCUT2D eigenvalue weighted by Gasteiger charge is 2.18. The standard InChI is InChI=1S/C42H36/c1-25-23-40-26(2)24-39(25)35-15-7-31(8-16-35)33-11-19-37(20-12-33)41-27(3)29(5)42(30(6)28(41)4)38-21-13-34(14-22-38)32-9-17-36(40)18-10-32/h7-24H,1-6H3. The van der Waals surface area contributed by atoms with Crippen LogP contribution < -0.4 is 0 Å². The molecule has 0 amide bonds. The minimum Gasteiger partial charge on any atom is -0.0538 e. The lowest BCUT2D eigenvalue weighted by Crippen LogP contribution is -2.00. The smallest absolute Gasteiger partial charge is 0.0120 e. The summed E-state index contributed by atoms with van der Waals surface area (Å²) in [5.74, 6) is 0. The first-order chi connectivity index (χ1) is 20.3. The molecule has 0 aliphatic heterocycles. The van der Waals surface area contributed by atoms with E-state index in [-0.39, 0.29) is 0 Å². The van der Waals surface area contributed by atoms with E-state index in [0.717, 1.165) is 0 Å². The molecule has 0 unspecified atom stereocenters. The van der Waals surface area contributed by atoms with E-state index in [1.165, 1.54) is 100 Å². The molecule has 6 aromatic rings. The Morgan fingerprint density at radius 1 is 0.262 bits per heavy atom. The van der Waals surface area contributed by atoms with Crippen LogP contribution in [0.15, 0.2) is 109 Å². The maximum Gasteiger partial charge on any atom is -0.0120 e. The molecule has 0 heterocycles. The Bertz CT molecular complexity index is 1790. The van der Waals surface area contributed by atoms with Crippen molar-refractivity contribution in [2.24, 2.45) is 0 Å². The molecule has 12 bridgehead atoms. The Morgan fingerprint density at radius 2 is 0.476 bits per heavy atom. The summed E-state index contributed by atoms with van der Waals surface area (Å²) >= 11 is 0. The minimum absolute atomic E-state index is 1.24. The van der Waals surface area contributed by atoms with Crippen molar-refractivity contribution in [1.29, 1.82) is 0 Å². The second-order valence-electron chi connectivity index (χ2n) is 12.0. The summed E-state index contributed by atoms with van der Waals surface area (Å²) in [6.07, 6.45) is 0. The minimum atomic E-state index is 1.24. The molecule has 0 spiro atoms. The number of aryl methyl sites for hydroxylation is 2. The van der Waals surface area contributed by atoms with Crippen LogP contribution in [0.5, 0.6) is 0 Å². The Morgan fingerprint density at radius 3 is 0.738 bits per heavy atom. The number of rotatable bonds is 0. The number of hydrogen-bond donors (Lipinski definition) is 0. The molecule has 0 N–H and O–H groups in total. The van der Waals surface area contributed by atoms with Crippen LogP contribution in [-0.2, 0) is 0 Å². The summed E-state index contributed by atoms with van der Waals surface area (Å²) in [5.41, 5.74) is 23.4. The molecule has 0 saturated carbocycles. The second kappa shape index (κ2) is 10.00. The highest BCUT2D eigenvalue weighted by atomic mass is 14.2. The van der Waals surface area contributed by atoms with Gasteiger partial charge in [-0.1, -0.05) is 109 Å². The van der Waals surface area contributed by atoms with Crippen LogP contribution in [0.3, 0.4) is 0 Å². The van der Waals surface area contributed by atoms with E-state index < -0.39 is 0 Å². The van der Waals surface area contributed by atoms with Crippen molar-refractivity contribution in [3.05, 3.63) is 143 Å². The second-order valence-corrected chi connectivity index (χ2v) is 12.0. The average molecular weight is 541 g/mol. The number of benzene rings is 6. The monoisotopic (exact) mass is 540 g/mol. The lowest BCUT2D eigenvalue weighted by molar-refractivity contribution is 1.25. The van der Waals surface area contributed by atoms with Crippen LogP contribution in [0.1, 0.15) is 33.4 Å². The van der Waals surface area contributed by atoms with Gasteiger partial charge in [0.05, 0.1) is 0 Å². The van der Waals surface area contributed by atoms with Crippen LogP contribution in [0.4, 0.5) is 0 Å². The summed E-state index contributed by atoms with van der Waals surface area (Å²) in [6.45, 7) is 13.6. The van der Waals surface area contributed by atoms with Gasteiger partial charge in [-0.3, -0.25) is 0 Å². The maximum absolute atomic E-state index is 2.35. The van der Waals surface area contributed by atoms with E-state index in [4.69, 9.17) is 0 Å². The maximum atomic E-state index is 2.35. The first kappa shape index (κ1) is 26.2. The van der Waals surface area contributed by atoms with E-state index in [1.54, 1.807) is 0 Å². The fourth-order valence-electron chi connectivity index (χ4n) is 6.96. The van der Waals surface area contributed by atoms with Gasteiger partial charge in [0.15, 0.2) is 0 Å². The van der Waals surface area contributed by atoms with Crippen LogP contribution in [-0.4, -0.2) is 0 Å². The summed E-state index contributed by atoms with van der Waals surface area (Å²) in [5, 5.41) is 0. The van der Waals surface area contributed by atoms with E-state index in [9.17, 15) is 0 Å². The molecule has 16 aliphatic rings. The van der Waals surface area contributed by atoms with Crippen LogP contribution in [0.25, 0.3) is 66.8 Å². The highest BCUT2D eigenvalue weighted by Crippen LogP contribution is 2.41. The van der Waals surface area contributed by atoms with E-state index in [2.05, 4.69) is 151 Å². The average Bonchev–Trinajstić information content (AvgIpc) is 3.02. The molecular formula is C42H36. The third-order valence-electron chi connectivity index (χ3n) is 9.60. The lowest BCUT2D eigenvalue weighted by Gasteiger charge is -2.22. The first-order valence-electron chi connectivity index (χ1n) is 14.9. The normalized spacial score (nSPS) is 11.6.